The Labute approximate surface area is 126 Å². The van der Waals surface area contributed by atoms with Crippen LogP contribution in [0, 0.1) is 5.41 Å². The Morgan fingerprint density at radius 2 is 2.10 bits per heavy atom. The van der Waals surface area contributed by atoms with E-state index in [2.05, 4.69) is 23.6 Å². The molecule has 4 heteroatoms. The van der Waals surface area contributed by atoms with E-state index in [1.807, 2.05) is 19.2 Å². The van der Waals surface area contributed by atoms with Crippen molar-refractivity contribution in [2.45, 2.75) is 38.6 Å². The Kier molecular flexibility index (Phi) is 3.89. The molecule has 1 saturated carbocycles. The Morgan fingerprint density at radius 1 is 1.33 bits per heavy atom. The molecule has 1 aromatic carbocycles. The van der Waals surface area contributed by atoms with E-state index in [4.69, 9.17) is 4.74 Å². The summed E-state index contributed by atoms with van der Waals surface area (Å²) >= 11 is 0. The Balaban J connectivity index is 1.96. The number of nitrogens with one attached hydrogen (secondary N) is 2. The molecule has 114 valence electrons. The van der Waals surface area contributed by atoms with Gasteiger partial charge < -0.3 is 15.4 Å². The third-order valence-electron chi connectivity index (χ3n) is 4.96. The van der Waals surface area contributed by atoms with Crippen molar-refractivity contribution in [3.63, 3.8) is 0 Å². The van der Waals surface area contributed by atoms with Gasteiger partial charge in [0.15, 0.2) is 0 Å². The fourth-order valence-electron chi connectivity index (χ4n) is 3.84. The van der Waals surface area contributed by atoms with Crippen LogP contribution in [0.15, 0.2) is 18.2 Å². The zero-order valence-corrected chi connectivity index (χ0v) is 12.9. The molecule has 0 aromatic heterocycles. The van der Waals surface area contributed by atoms with Gasteiger partial charge in [0.1, 0.15) is 12.4 Å². The van der Waals surface area contributed by atoms with E-state index in [9.17, 15) is 4.79 Å². The molecule has 1 aliphatic carbocycles. The minimum atomic E-state index is -0.0317. The lowest BCUT2D eigenvalue weighted by Crippen LogP contribution is -2.32. The van der Waals surface area contributed by atoms with Gasteiger partial charge in [-0.2, -0.15) is 0 Å². The summed E-state index contributed by atoms with van der Waals surface area (Å²) in [5.74, 6) is 0.663. The van der Waals surface area contributed by atoms with Gasteiger partial charge in [-0.05, 0) is 43.0 Å². The second kappa shape index (κ2) is 5.68. The van der Waals surface area contributed by atoms with Crippen molar-refractivity contribution in [3.8, 4) is 5.75 Å². The van der Waals surface area contributed by atoms with Gasteiger partial charge in [0.05, 0.1) is 12.1 Å². The number of hydrogen-bond acceptors (Lipinski definition) is 3. The SMILES string of the molecule is CNC(c1ccc2c(c1)C(=O)NCCO2)C1(C)CCCC1. The summed E-state index contributed by atoms with van der Waals surface area (Å²) in [7, 11) is 2.01. The summed E-state index contributed by atoms with van der Waals surface area (Å²) in [5.41, 5.74) is 2.11. The summed E-state index contributed by atoms with van der Waals surface area (Å²) in [6, 6.07) is 6.32. The molecule has 0 radical (unpaired) electrons. The van der Waals surface area contributed by atoms with Gasteiger partial charge in [-0.3, -0.25) is 4.79 Å². The number of rotatable bonds is 3. The molecular formula is C17H24N2O2. The van der Waals surface area contributed by atoms with Crippen molar-refractivity contribution in [3.05, 3.63) is 29.3 Å². The number of hydrogen-bond donors (Lipinski definition) is 2. The van der Waals surface area contributed by atoms with Gasteiger partial charge in [-0.25, -0.2) is 0 Å². The summed E-state index contributed by atoms with van der Waals surface area (Å²) in [6.07, 6.45) is 5.06. The first-order valence-corrected chi connectivity index (χ1v) is 7.86. The predicted octanol–water partition coefficient (Wildman–Crippen LogP) is 2.65. The molecule has 1 unspecified atom stereocenters. The first kappa shape index (κ1) is 14.4. The Morgan fingerprint density at radius 3 is 2.81 bits per heavy atom. The molecule has 0 bridgehead atoms. The Hall–Kier alpha value is -1.55. The molecule has 0 spiro atoms. The number of carbonyl (C=O) groups excluding carboxylic acids is 1. The van der Waals surface area contributed by atoms with Gasteiger partial charge in [-0.15, -0.1) is 0 Å². The van der Waals surface area contributed by atoms with Crippen LogP contribution in [-0.2, 0) is 0 Å². The molecule has 2 aliphatic rings. The number of benzene rings is 1. The quantitative estimate of drug-likeness (QED) is 0.899. The van der Waals surface area contributed by atoms with Crippen molar-refractivity contribution < 1.29 is 9.53 Å². The normalized spacial score (nSPS) is 21.9. The lowest BCUT2D eigenvalue weighted by atomic mass is 9.77. The van der Waals surface area contributed by atoms with Crippen molar-refractivity contribution >= 4 is 5.91 Å². The zero-order valence-electron chi connectivity index (χ0n) is 12.9. The van der Waals surface area contributed by atoms with Crippen LogP contribution in [0.3, 0.4) is 0 Å². The lowest BCUT2D eigenvalue weighted by molar-refractivity contribution is 0.0957. The molecule has 1 aromatic rings. The largest absolute Gasteiger partial charge is 0.491 e. The van der Waals surface area contributed by atoms with Crippen LogP contribution in [0.25, 0.3) is 0 Å². The van der Waals surface area contributed by atoms with Crippen LogP contribution in [0.2, 0.25) is 0 Å². The molecule has 1 amide bonds. The van der Waals surface area contributed by atoms with Gasteiger partial charge in [0.25, 0.3) is 5.91 Å². The van der Waals surface area contributed by atoms with Crippen molar-refractivity contribution in [2.24, 2.45) is 5.41 Å². The van der Waals surface area contributed by atoms with E-state index in [1.54, 1.807) is 0 Å². The monoisotopic (exact) mass is 288 g/mol. The molecule has 1 atom stereocenters. The summed E-state index contributed by atoms with van der Waals surface area (Å²) in [4.78, 5) is 12.2. The highest BCUT2D eigenvalue weighted by Crippen LogP contribution is 2.47. The van der Waals surface area contributed by atoms with Crippen LogP contribution in [0.5, 0.6) is 5.75 Å². The molecule has 0 saturated heterocycles. The highest BCUT2D eigenvalue weighted by molar-refractivity contribution is 5.97. The smallest absolute Gasteiger partial charge is 0.255 e. The number of amides is 1. The van der Waals surface area contributed by atoms with E-state index in [0.717, 1.165) is 0 Å². The minimum absolute atomic E-state index is 0.0317. The minimum Gasteiger partial charge on any atom is -0.491 e. The van der Waals surface area contributed by atoms with Gasteiger partial charge in [0.2, 0.25) is 0 Å². The summed E-state index contributed by atoms with van der Waals surface area (Å²) in [5, 5.41) is 6.35. The fourth-order valence-corrected chi connectivity index (χ4v) is 3.84. The van der Waals surface area contributed by atoms with Gasteiger partial charge in [-0.1, -0.05) is 25.8 Å². The third-order valence-corrected chi connectivity index (χ3v) is 4.96. The maximum atomic E-state index is 12.2. The number of fused-ring (bicyclic) bond motifs is 1. The number of ether oxygens (including phenoxy) is 1. The van der Waals surface area contributed by atoms with E-state index >= 15 is 0 Å². The second-order valence-electron chi connectivity index (χ2n) is 6.44. The van der Waals surface area contributed by atoms with Gasteiger partial charge >= 0.3 is 0 Å². The first-order chi connectivity index (χ1) is 10.1. The lowest BCUT2D eigenvalue weighted by Gasteiger charge is -2.34. The topological polar surface area (TPSA) is 50.4 Å². The molecule has 4 nitrogen and oxygen atoms in total. The summed E-state index contributed by atoms with van der Waals surface area (Å²) < 4.78 is 5.63. The van der Waals surface area contributed by atoms with E-state index < -0.39 is 0 Å². The van der Waals surface area contributed by atoms with Crippen LogP contribution < -0.4 is 15.4 Å². The van der Waals surface area contributed by atoms with Crippen molar-refractivity contribution in [1.82, 2.24) is 10.6 Å². The van der Waals surface area contributed by atoms with Crippen molar-refractivity contribution in [1.29, 1.82) is 0 Å². The predicted molar refractivity (Wildman–Crippen MR) is 82.6 cm³/mol. The molecule has 3 rings (SSSR count). The van der Waals surface area contributed by atoms with Crippen LogP contribution in [0.4, 0.5) is 0 Å². The third kappa shape index (κ3) is 2.64. The second-order valence-corrected chi connectivity index (χ2v) is 6.44. The highest BCUT2D eigenvalue weighted by Gasteiger charge is 2.37. The molecule has 2 N–H and O–H groups in total. The molecule has 1 fully saturated rings. The number of carbonyl (C=O) groups is 1. The molecule has 1 heterocycles. The van der Waals surface area contributed by atoms with E-state index in [-0.39, 0.29) is 17.4 Å². The standard InChI is InChI=1S/C17H24N2O2/c1-17(7-3-4-8-17)15(18-2)12-5-6-14-13(11-12)16(20)19-9-10-21-14/h5-6,11,15,18H,3-4,7-10H2,1-2H3,(H,19,20). The van der Waals surface area contributed by atoms with Crippen LogP contribution >= 0.6 is 0 Å². The van der Waals surface area contributed by atoms with E-state index in [0.29, 0.717) is 24.5 Å². The molecule has 1 aliphatic heterocycles. The zero-order chi connectivity index (χ0) is 14.9. The van der Waals surface area contributed by atoms with Crippen LogP contribution in [-0.4, -0.2) is 26.1 Å². The average molecular weight is 288 g/mol. The maximum Gasteiger partial charge on any atom is 0.255 e. The van der Waals surface area contributed by atoms with Crippen molar-refractivity contribution in [2.75, 3.05) is 20.2 Å². The summed E-state index contributed by atoms with van der Waals surface area (Å²) in [6.45, 7) is 3.45. The fraction of sp³-hybridized carbons (Fsp3) is 0.588. The van der Waals surface area contributed by atoms with E-state index in [1.165, 1.54) is 31.2 Å². The first-order valence-electron chi connectivity index (χ1n) is 7.86. The molecule has 21 heavy (non-hydrogen) atoms. The average Bonchev–Trinajstić information content (AvgIpc) is 2.83. The van der Waals surface area contributed by atoms with Gasteiger partial charge in [0, 0.05) is 6.04 Å². The highest BCUT2D eigenvalue weighted by atomic mass is 16.5. The Bertz CT molecular complexity index is 536. The molecular weight excluding hydrogens is 264 g/mol. The van der Waals surface area contributed by atoms with Crippen LogP contribution in [0.1, 0.15) is 54.6 Å². The maximum absolute atomic E-state index is 12.2.